The molecule has 8 aliphatic rings. The number of benzene rings is 7. The minimum atomic E-state index is -1.20. The maximum Gasteiger partial charge on any atom is 1.00 e. The Morgan fingerprint density at radius 2 is 0.846 bits per heavy atom. The van der Waals surface area contributed by atoms with Crippen molar-refractivity contribution in [3.05, 3.63) is 339 Å². The Morgan fingerprint density at radius 3 is 1.30 bits per heavy atom. The predicted octanol–water partition coefficient (Wildman–Crippen LogP) is 16.3. The van der Waals surface area contributed by atoms with Gasteiger partial charge >= 0.3 is 48.7 Å². The maximum atomic E-state index is 13.6. The molecule has 9 N–H and O–H groups in total. The van der Waals surface area contributed by atoms with E-state index in [-0.39, 0.29) is 92.7 Å². The molecule has 5 aliphatic carbocycles. The van der Waals surface area contributed by atoms with Gasteiger partial charge in [0.1, 0.15) is 34.1 Å². The van der Waals surface area contributed by atoms with E-state index < -0.39 is 41.0 Å². The third-order valence-electron chi connectivity index (χ3n) is 28.7. The molecule has 3 aliphatic heterocycles. The standard InChI is InChI=1S/C27H28N2O3.C22H28N2.C20H22N2O3.C20H18N2O3.C19H16N2O3.C7H10O4.Li.H2O/c1-16-12-21-19-10-7-11-28-24(19)17(2)13-22(21)25-20(16)14-23(27(31)32-3)26(30)29(25)15-18-8-5-4-6-9-18;1-15-11-19-18-9-6-10-23-22(18)16(2)13-20(19)21(12-15)24-14-17-7-4-3-5-8-17;2*1-10-7-14-12-5-4-6-21-17(12)11(2)8-15(14)18-13(10)9-16(19(23)22-18)20(24)25-3;1-9-6-13-11-4-3-5-20-16(11)10(2)7-14(13)17-12(9)8-15(19(23)24)18(22)21-17;1-5(8)6(4-10-2)7(9)11-3;;/h4-6,8-9,13-14,16,28H,7,10-12,15H2,1-3H3;3-5,7-8,13,15,21,23-24H,6,9-12,14H2,1-2H3;8-10,21H,4-7H2,1-3H3,(H,22,23);4-6,8-10H,7H2,1-3H3,(H,22,23);3-5,7-9H,6H2,1-2H3,(H,21,22)(H,23,24);4H,1-3H3;;1H2/q;;;;;;+1;/p-1/b;;;;;6-4-;;. The molecule has 6 atom stereocenters. The van der Waals surface area contributed by atoms with Crippen LogP contribution in [0.15, 0.2) is 183 Å². The van der Waals surface area contributed by atoms with Crippen molar-refractivity contribution in [2.24, 2.45) is 5.92 Å². The summed E-state index contributed by atoms with van der Waals surface area (Å²) in [5.41, 5.74) is 36.5. The average Bonchev–Trinajstić information content (AvgIpc) is 0.724. The molecule has 7 aromatic carbocycles. The van der Waals surface area contributed by atoms with E-state index in [1.165, 1.54) is 141 Å². The van der Waals surface area contributed by atoms with Crippen molar-refractivity contribution >= 4 is 74.5 Å². The molecular weight excluding hydrogens is 1800 g/mol. The average molecular weight is 1920 g/mol. The molecule has 27 nitrogen and oxygen atoms in total. The number of nitrogens with zero attached hydrogens (tertiary/aromatic N) is 3. The second-order valence-electron chi connectivity index (χ2n) is 38.3. The molecule has 0 saturated heterocycles. The van der Waals surface area contributed by atoms with Crippen molar-refractivity contribution in [2.45, 2.75) is 196 Å². The molecule has 6 unspecified atom stereocenters. The molecule has 9 heterocycles. The van der Waals surface area contributed by atoms with Crippen LogP contribution < -0.4 is 62.4 Å². The number of anilines is 3. The van der Waals surface area contributed by atoms with Gasteiger partial charge in [-0.15, -0.1) is 0 Å². The van der Waals surface area contributed by atoms with Crippen LogP contribution in [0.5, 0.6) is 0 Å². The topological polar surface area (TPSA) is 393 Å². The molecule has 0 radical (unpaired) electrons. The first-order valence-electron chi connectivity index (χ1n) is 48.5. The van der Waals surface area contributed by atoms with Crippen molar-refractivity contribution in [1.82, 2.24) is 34.8 Å². The SMILES string of the molecule is CO/C=C(/C(C)=O)C(=O)OC.COC(=O)c1cc2c([nH]c1=O)-c1cc(C)c3c(c1CC2C)CCCN3.COC(=O)c1cc2c([nH]c1=O)-c1cc(C)c3ncccc3c1CC2C.COC(=O)c1cc2c(n(Cc3ccccc3)c1=O)-c1cc(C)c3c(c1CC2C)CCCN3.Cc1cc2c(c3c1NCCC3)CC(C)CC2NCc1ccccc1.Cc1cc2c(c3cccnc13)CC(C)c1cc(C(=O)O)c(=O)[nH]c1-2.[Li+].[OH-]. The molecule has 143 heavy (non-hydrogen) atoms. The van der Waals surface area contributed by atoms with Gasteiger partial charge in [0, 0.05) is 94.7 Å². The summed E-state index contributed by atoms with van der Waals surface area (Å²) in [6.45, 7) is 27.2. The summed E-state index contributed by atoms with van der Waals surface area (Å²) in [5, 5.41) is 26.0. The minimum absolute atomic E-state index is 0. The Morgan fingerprint density at radius 1 is 0.448 bits per heavy atom. The number of nitrogens with one attached hydrogen (secondary N) is 7. The number of methoxy groups -OCH3 is 5. The number of ether oxygens (including phenoxy) is 5. The molecule has 0 spiro atoms. The van der Waals surface area contributed by atoms with Crippen LogP contribution in [-0.4, -0.2) is 131 Å². The Kier molecular flexibility index (Phi) is 32.8. The largest absolute Gasteiger partial charge is 1.00 e. The van der Waals surface area contributed by atoms with E-state index in [1.807, 2.05) is 69.3 Å². The number of carboxylic acids is 1. The van der Waals surface area contributed by atoms with Crippen LogP contribution in [0.1, 0.15) is 250 Å². The number of H-pyrrole nitrogens is 3. The van der Waals surface area contributed by atoms with Gasteiger partial charge in [-0.25, -0.2) is 24.0 Å². The molecular formula is C115H123LiN10O17. The first-order chi connectivity index (χ1) is 67.8. The molecule has 0 saturated carbocycles. The fourth-order valence-electron chi connectivity index (χ4n) is 22.0. The fraction of sp³-hybridized carbons (Fsp3) is 0.339. The van der Waals surface area contributed by atoms with Crippen molar-refractivity contribution in [3.8, 4) is 45.0 Å². The van der Waals surface area contributed by atoms with Gasteiger partial charge in [0.2, 0.25) is 0 Å². The Labute approximate surface area is 842 Å². The molecule has 6 aromatic heterocycles. The first kappa shape index (κ1) is 104. The summed E-state index contributed by atoms with van der Waals surface area (Å²) in [6, 6.07) is 46.8. The predicted molar refractivity (Wildman–Crippen MR) is 553 cm³/mol. The number of hydrogen-bond acceptors (Lipinski definition) is 22. The van der Waals surface area contributed by atoms with Gasteiger partial charge in [-0.1, -0.05) is 113 Å². The van der Waals surface area contributed by atoms with Crippen LogP contribution in [0, 0.1) is 40.5 Å². The molecule has 0 bridgehead atoms. The number of aromatic carboxylic acids is 1. The number of rotatable bonds is 12. The fourth-order valence-corrected chi connectivity index (χ4v) is 22.0. The number of carbonyl (C=O) groups is 6. The van der Waals surface area contributed by atoms with Crippen LogP contribution in [-0.2, 0) is 97.7 Å². The smallest absolute Gasteiger partial charge is 0.870 e. The summed E-state index contributed by atoms with van der Waals surface area (Å²) < 4.78 is 25.0. The normalized spacial score (nSPS) is 16.7. The van der Waals surface area contributed by atoms with E-state index in [1.54, 1.807) is 51.9 Å². The van der Waals surface area contributed by atoms with E-state index in [4.69, 9.17) is 14.2 Å². The second-order valence-corrected chi connectivity index (χ2v) is 38.3. The van der Waals surface area contributed by atoms with E-state index in [2.05, 4.69) is 171 Å². The van der Waals surface area contributed by atoms with Crippen molar-refractivity contribution < 1.29 is 81.9 Å². The van der Waals surface area contributed by atoms with Gasteiger partial charge in [0.25, 0.3) is 22.2 Å². The van der Waals surface area contributed by atoms with E-state index in [9.17, 15) is 53.1 Å². The minimum Gasteiger partial charge on any atom is -0.870 e. The van der Waals surface area contributed by atoms with E-state index >= 15 is 0 Å². The number of hydrogen-bond donors (Lipinski definition) is 8. The van der Waals surface area contributed by atoms with Crippen LogP contribution in [0.3, 0.4) is 0 Å². The zero-order valence-corrected chi connectivity index (χ0v) is 84.4. The Bertz CT molecular complexity index is 7460. The van der Waals surface area contributed by atoms with Crippen molar-refractivity contribution in [1.29, 1.82) is 0 Å². The zero-order valence-electron chi connectivity index (χ0n) is 84.4. The number of fused-ring (bicyclic) bond motifs is 23. The number of aromatic nitrogens is 6. The summed E-state index contributed by atoms with van der Waals surface area (Å²) in [5.74, 6) is -2.57. The monoisotopic (exact) mass is 1920 g/mol. The van der Waals surface area contributed by atoms with E-state index in [0.717, 1.165) is 201 Å². The van der Waals surface area contributed by atoms with Gasteiger partial charge in [0.15, 0.2) is 5.78 Å². The van der Waals surface area contributed by atoms with Gasteiger partial charge in [0.05, 0.1) is 75.9 Å². The van der Waals surface area contributed by atoms with Gasteiger partial charge in [-0.3, -0.25) is 33.9 Å². The van der Waals surface area contributed by atoms with Crippen LogP contribution in [0.2, 0.25) is 0 Å². The molecule has 0 fully saturated rings. The molecule has 13 aromatic rings. The molecule has 28 heteroatoms. The number of ketones is 1. The maximum absolute atomic E-state index is 13.6. The van der Waals surface area contributed by atoms with Crippen LogP contribution in [0.25, 0.3) is 66.8 Å². The third kappa shape index (κ3) is 21.2. The number of aromatic amines is 3. The van der Waals surface area contributed by atoms with Crippen molar-refractivity contribution in [2.75, 3.05) is 71.1 Å². The molecule has 736 valence electrons. The summed E-state index contributed by atoms with van der Waals surface area (Å²) in [6.07, 6.45) is 17.4. The molecule has 0 amide bonds. The summed E-state index contributed by atoms with van der Waals surface area (Å²) in [7, 11) is 6.45. The number of pyridine rings is 6. The zero-order chi connectivity index (χ0) is 100. The Balaban J connectivity index is 0.000000138. The summed E-state index contributed by atoms with van der Waals surface area (Å²) in [4.78, 5) is 137. The number of carbonyl (C=O) groups excluding carboxylic acids is 5. The van der Waals surface area contributed by atoms with Gasteiger partial charge in [-0.2, -0.15) is 0 Å². The quantitative estimate of drug-likeness (QED) is 0.0107. The van der Waals surface area contributed by atoms with Gasteiger partial charge in [-0.05, 0) is 320 Å². The second kappa shape index (κ2) is 44.8. The number of carboxylic acid groups (broad SMARTS) is 1. The Hall–Kier alpha value is -14.4. The molecule has 21 rings (SSSR count). The van der Waals surface area contributed by atoms with Crippen molar-refractivity contribution in [3.63, 3.8) is 0 Å². The van der Waals surface area contributed by atoms with Crippen LogP contribution >= 0.6 is 0 Å². The van der Waals surface area contributed by atoms with E-state index in [0.29, 0.717) is 12.6 Å². The number of esters is 4. The van der Waals surface area contributed by atoms with Crippen LogP contribution in [0.4, 0.5) is 17.1 Å². The first-order valence-corrected chi connectivity index (χ1v) is 48.5. The van der Waals surface area contributed by atoms with Gasteiger partial charge < -0.3 is 75.1 Å². The third-order valence-corrected chi connectivity index (χ3v) is 28.7. The summed E-state index contributed by atoms with van der Waals surface area (Å²) >= 11 is 0. The number of Topliss-reactive ketones (excluding diaryl/α,β-unsaturated/α-hetero) is 1. The number of aryl methyl sites for hydroxylation is 5.